The molecule has 0 atom stereocenters. The summed E-state index contributed by atoms with van der Waals surface area (Å²) in [5, 5.41) is 6.10. The Balaban J connectivity index is 1.51. The molecule has 1 heterocycles. The Kier molecular flexibility index (Phi) is 5.71. The number of carbonyl (C=O) groups excluding carboxylic acids is 1. The number of aromatic nitrogens is 2. The molecule has 5 nitrogen and oxygen atoms in total. The molecule has 1 aromatic heterocycles. The fraction of sp³-hybridized carbons (Fsp3) is 0.0800. The van der Waals surface area contributed by atoms with Crippen LogP contribution in [-0.2, 0) is 0 Å². The Labute approximate surface area is 180 Å². The van der Waals surface area contributed by atoms with Crippen molar-refractivity contribution in [2.24, 2.45) is 0 Å². The van der Waals surface area contributed by atoms with Gasteiger partial charge in [-0.2, -0.15) is 0 Å². The van der Waals surface area contributed by atoms with Crippen LogP contribution in [0.2, 0.25) is 0 Å². The van der Waals surface area contributed by atoms with Crippen molar-refractivity contribution in [1.82, 2.24) is 9.97 Å². The molecule has 0 bridgehead atoms. The smallest absolute Gasteiger partial charge is 0.255 e. The number of rotatable bonds is 5. The number of anilines is 3. The van der Waals surface area contributed by atoms with Crippen LogP contribution in [0.1, 0.15) is 21.5 Å². The molecular weight excluding hydrogens is 391 g/mol. The molecule has 0 saturated carbocycles. The molecule has 4 aromatic rings. The molecule has 0 aliphatic rings. The minimum Gasteiger partial charge on any atom is -0.340 e. The van der Waals surface area contributed by atoms with Gasteiger partial charge < -0.3 is 10.6 Å². The first-order valence-electron chi connectivity index (χ1n) is 9.81. The van der Waals surface area contributed by atoms with Gasteiger partial charge in [0.1, 0.15) is 18.0 Å². The van der Waals surface area contributed by atoms with E-state index in [-0.39, 0.29) is 11.7 Å². The SMILES string of the molecule is Cc1ccc(NC(=O)c2cccc(Nc3cc(-c4cccc(F)c4)ncn3)c2)cc1C. The Morgan fingerprint density at radius 2 is 1.68 bits per heavy atom. The summed E-state index contributed by atoms with van der Waals surface area (Å²) < 4.78 is 13.5. The van der Waals surface area contributed by atoms with Gasteiger partial charge in [-0.05, 0) is 67.4 Å². The summed E-state index contributed by atoms with van der Waals surface area (Å²) in [6.07, 6.45) is 1.42. The lowest BCUT2D eigenvalue weighted by Gasteiger charge is -2.10. The summed E-state index contributed by atoms with van der Waals surface area (Å²) in [5.41, 5.74) is 5.52. The Morgan fingerprint density at radius 3 is 2.48 bits per heavy atom. The minimum absolute atomic E-state index is 0.199. The highest BCUT2D eigenvalue weighted by atomic mass is 19.1. The molecule has 0 spiro atoms. The van der Waals surface area contributed by atoms with Crippen molar-refractivity contribution in [3.8, 4) is 11.3 Å². The first kappa shape index (κ1) is 20.2. The molecule has 1 amide bonds. The topological polar surface area (TPSA) is 66.9 Å². The molecule has 0 saturated heterocycles. The fourth-order valence-electron chi connectivity index (χ4n) is 3.14. The predicted octanol–water partition coefficient (Wildman–Crippen LogP) is 5.90. The number of nitrogens with zero attached hydrogens (tertiary/aromatic N) is 2. The van der Waals surface area contributed by atoms with Crippen molar-refractivity contribution in [3.63, 3.8) is 0 Å². The molecule has 0 aliphatic heterocycles. The van der Waals surface area contributed by atoms with Crippen molar-refractivity contribution in [2.75, 3.05) is 10.6 Å². The van der Waals surface area contributed by atoms with E-state index in [2.05, 4.69) is 20.6 Å². The third-order valence-corrected chi connectivity index (χ3v) is 4.95. The molecule has 0 unspecified atom stereocenters. The van der Waals surface area contributed by atoms with E-state index in [0.29, 0.717) is 28.3 Å². The Hall–Kier alpha value is -4.06. The average Bonchev–Trinajstić information content (AvgIpc) is 2.77. The molecule has 0 radical (unpaired) electrons. The highest BCUT2D eigenvalue weighted by Gasteiger charge is 2.09. The van der Waals surface area contributed by atoms with Crippen LogP contribution in [0.5, 0.6) is 0 Å². The maximum atomic E-state index is 13.5. The number of aryl methyl sites for hydroxylation is 2. The number of nitrogens with one attached hydrogen (secondary N) is 2. The van der Waals surface area contributed by atoms with E-state index >= 15 is 0 Å². The summed E-state index contributed by atoms with van der Waals surface area (Å²) in [4.78, 5) is 21.1. The van der Waals surface area contributed by atoms with E-state index in [1.54, 1.807) is 36.4 Å². The predicted molar refractivity (Wildman–Crippen MR) is 121 cm³/mol. The standard InChI is InChI=1S/C25H21FN4O/c1-16-9-10-22(11-17(16)2)30-25(31)19-6-4-8-21(13-19)29-24-14-23(27-15-28-24)18-5-3-7-20(26)12-18/h3-15H,1-2H3,(H,30,31)(H,27,28,29). The van der Waals surface area contributed by atoms with Crippen LogP contribution < -0.4 is 10.6 Å². The number of amides is 1. The van der Waals surface area contributed by atoms with Gasteiger partial charge in [-0.3, -0.25) is 4.79 Å². The summed E-state index contributed by atoms with van der Waals surface area (Å²) in [6.45, 7) is 4.04. The van der Waals surface area contributed by atoms with Crippen LogP contribution in [-0.4, -0.2) is 15.9 Å². The Bertz CT molecular complexity index is 1260. The van der Waals surface area contributed by atoms with Gasteiger partial charge in [0.05, 0.1) is 5.69 Å². The van der Waals surface area contributed by atoms with Crippen LogP contribution in [0.15, 0.2) is 79.1 Å². The van der Waals surface area contributed by atoms with E-state index in [1.807, 2.05) is 38.1 Å². The first-order chi connectivity index (χ1) is 15.0. The number of hydrogen-bond acceptors (Lipinski definition) is 4. The van der Waals surface area contributed by atoms with Gasteiger partial charge >= 0.3 is 0 Å². The second kappa shape index (κ2) is 8.75. The second-order valence-corrected chi connectivity index (χ2v) is 7.26. The summed E-state index contributed by atoms with van der Waals surface area (Å²) >= 11 is 0. The number of carbonyl (C=O) groups is 1. The highest BCUT2D eigenvalue weighted by molar-refractivity contribution is 6.04. The van der Waals surface area contributed by atoms with Crippen molar-refractivity contribution in [3.05, 3.63) is 102 Å². The normalized spacial score (nSPS) is 10.5. The lowest BCUT2D eigenvalue weighted by Crippen LogP contribution is -2.12. The molecule has 0 fully saturated rings. The van der Waals surface area contributed by atoms with Crippen LogP contribution in [0.3, 0.4) is 0 Å². The minimum atomic E-state index is -0.326. The van der Waals surface area contributed by atoms with Crippen molar-refractivity contribution in [2.45, 2.75) is 13.8 Å². The lowest BCUT2D eigenvalue weighted by molar-refractivity contribution is 0.102. The van der Waals surface area contributed by atoms with Gasteiger partial charge in [-0.1, -0.05) is 24.3 Å². The van der Waals surface area contributed by atoms with E-state index in [9.17, 15) is 9.18 Å². The van der Waals surface area contributed by atoms with Crippen LogP contribution in [0.4, 0.5) is 21.6 Å². The maximum absolute atomic E-state index is 13.5. The van der Waals surface area contributed by atoms with Gasteiger partial charge in [-0.15, -0.1) is 0 Å². The molecule has 0 aliphatic carbocycles. The van der Waals surface area contributed by atoms with E-state index in [0.717, 1.165) is 11.3 Å². The first-order valence-corrected chi connectivity index (χ1v) is 9.81. The maximum Gasteiger partial charge on any atom is 0.255 e. The molecule has 31 heavy (non-hydrogen) atoms. The molecule has 154 valence electrons. The number of hydrogen-bond donors (Lipinski definition) is 2. The third kappa shape index (κ3) is 4.93. The van der Waals surface area contributed by atoms with Gasteiger partial charge in [0.25, 0.3) is 5.91 Å². The van der Waals surface area contributed by atoms with E-state index < -0.39 is 0 Å². The average molecular weight is 412 g/mol. The van der Waals surface area contributed by atoms with Gasteiger partial charge in [0, 0.05) is 28.6 Å². The lowest BCUT2D eigenvalue weighted by atomic mass is 10.1. The van der Waals surface area contributed by atoms with Crippen LogP contribution in [0, 0.1) is 19.7 Å². The van der Waals surface area contributed by atoms with Crippen molar-refractivity contribution in [1.29, 1.82) is 0 Å². The molecule has 6 heteroatoms. The van der Waals surface area contributed by atoms with Gasteiger partial charge in [0.2, 0.25) is 0 Å². The van der Waals surface area contributed by atoms with Gasteiger partial charge in [-0.25, -0.2) is 14.4 Å². The van der Waals surface area contributed by atoms with Gasteiger partial charge in [0.15, 0.2) is 0 Å². The quantitative estimate of drug-likeness (QED) is 0.429. The monoisotopic (exact) mass is 412 g/mol. The summed E-state index contributed by atoms with van der Waals surface area (Å²) in [5.74, 6) is 0.0177. The Morgan fingerprint density at radius 1 is 0.839 bits per heavy atom. The molecule has 2 N–H and O–H groups in total. The van der Waals surface area contributed by atoms with Crippen molar-refractivity contribution < 1.29 is 9.18 Å². The largest absolute Gasteiger partial charge is 0.340 e. The fourth-order valence-corrected chi connectivity index (χ4v) is 3.14. The van der Waals surface area contributed by atoms with Crippen molar-refractivity contribution >= 4 is 23.1 Å². The number of halogens is 1. The third-order valence-electron chi connectivity index (χ3n) is 4.95. The zero-order chi connectivity index (χ0) is 21.8. The molecular formula is C25H21FN4O. The molecule has 4 rings (SSSR count). The zero-order valence-corrected chi connectivity index (χ0v) is 17.2. The summed E-state index contributed by atoms with van der Waals surface area (Å²) in [7, 11) is 0. The van der Waals surface area contributed by atoms with Crippen LogP contribution in [0.25, 0.3) is 11.3 Å². The zero-order valence-electron chi connectivity index (χ0n) is 17.2. The number of benzene rings is 3. The van der Waals surface area contributed by atoms with E-state index in [1.165, 1.54) is 24.0 Å². The molecule has 3 aromatic carbocycles. The summed E-state index contributed by atoms with van der Waals surface area (Å²) in [6, 6.07) is 20.9. The van der Waals surface area contributed by atoms with E-state index in [4.69, 9.17) is 0 Å². The highest BCUT2D eigenvalue weighted by Crippen LogP contribution is 2.23. The van der Waals surface area contributed by atoms with Crippen LogP contribution >= 0.6 is 0 Å². The second-order valence-electron chi connectivity index (χ2n) is 7.26.